The first-order valence-corrected chi connectivity index (χ1v) is 10.0. The van der Waals surface area contributed by atoms with Crippen molar-refractivity contribution in [3.05, 3.63) is 33.2 Å². The molecular formula is C13H15BrN4O3S2. The van der Waals surface area contributed by atoms with Gasteiger partial charge in [-0.2, -0.15) is 9.40 Å². The van der Waals surface area contributed by atoms with Crippen LogP contribution in [0.25, 0.3) is 0 Å². The zero-order valence-electron chi connectivity index (χ0n) is 12.3. The van der Waals surface area contributed by atoms with Crippen molar-refractivity contribution >= 4 is 43.2 Å². The summed E-state index contributed by atoms with van der Waals surface area (Å²) in [5, 5.41) is 5.76. The normalized spacial score (nSPS) is 16.7. The lowest BCUT2D eigenvalue weighted by Crippen LogP contribution is -2.50. The van der Waals surface area contributed by atoms with Gasteiger partial charge in [0.15, 0.2) is 0 Å². The highest BCUT2D eigenvalue weighted by Crippen LogP contribution is 2.23. The van der Waals surface area contributed by atoms with Gasteiger partial charge in [-0.05, 0) is 22.0 Å². The molecule has 0 saturated carbocycles. The molecule has 1 saturated heterocycles. The van der Waals surface area contributed by atoms with Crippen molar-refractivity contribution in [2.45, 2.75) is 4.90 Å². The van der Waals surface area contributed by atoms with Crippen LogP contribution in [0.2, 0.25) is 0 Å². The van der Waals surface area contributed by atoms with Crippen molar-refractivity contribution in [3.63, 3.8) is 0 Å². The third-order valence-corrected chi connectivity index (χ3v) is 7.15. The molecule has 0 unspecified atom stereocenters. The average Bonchev–Trinajstić information content (AvgIpc) is 3.15. The second-order valence-electron chi connectivity index (χ2n) is 5.18. The largest absolute Gasteiger partial charge is 0.335 e. The van der Waals surface area contributed by atoms with Gasteiger partial charge in [0.25, 0.3) is 5.91 Å². The van der Waals surface area contributed by atoms with Gasteiger partial charge >= 0.3 is 0 Å². The Morgan fingerprint density at radius 2 is 2.00 bits per heavy atom. The van der Waals surface area contributed by atoms with Crippen LogP contribution in [-0.2, 0) is 17.1 Å². The van der Waals surface area contributed by atoms with E-state index in [0.29, 0.717) is 18.0 Å². The van der Waals surface area contributed by atoms with Gasteiger partial charge in [-0.25, -0.2) is 8.42 Å². The van der Waals surface area contributed by atoms with E-state index in [4.69, 9.17) is 0 Å². The van der Waals surface area contributed by atoms with Crippen LogP contribution >= 0.6 is 27.3 Å². The predicted molar refractivity (Wildman–Crippen MR) is 89.9 cm³/mol. The van der Waals surface area contributed by atoms with E-state index in [1.54, 1.807) is 18.0 Å². The van der Waals surface area contributed by atoms with Gasteiger partial charge in [0.1, 0.15) is 4.90 Å². The minimum absolute atomic E-state index is 0.0564. The minimum atomic E-state index is -3.54. The molecule has 10 heteroatoms. The van der Waals surface area contributed by atoms with Crippen molar-refractivity contribution in [2.75, 3.05) is 26.2 Å². The Balaban J connectivity index is 1.67. The van der Waals surface area contributed by atoms with E-state index in [1.165, 1.54) is 32.7 Å². The number of amides is 1. The summed E-state index contributed by atoms with van der Waals surface area (Å²) in [5.41, 5.74) is 0. The van der Waals surface area contributed by atoms with Crippen LogP contribution in [0.3, 0.4) is 0 Å². The third-order valence-electron chi connectivity index (χ3n) is 3.62. The van der Waals surface area contributed by atoms with Gasteiger partial charge < -0.3 is 4.90 Å². The second-order valence-corrected chi connectivity index (χ2v) is 8.94. The van der Waals surface area contributed by atoms with Gasteiger partial charge in [-0.15, -0.1) is 11.3 Å². The number of sulfonamides is 1. The molecule has 3 heterocycles. The summed E-state index contributed by atoms with van der Waals surface area (Å²) in [5.74, 6) is -0.0564. The lowest BCUT2D eigenvalue weighted by Gasteiger charge is -2.33. The molecule has 1 fully saturated rings. The van der Waals surface area contributed by atoms with E-state index in [0.717, 1.165) is 4.47 Å². The first-order valence-electron chi connectivity index (χ1n) is 6.90. The lowest BCUT2D eigenvalue weighted by molar-refractivity contribution is 0.0703. The zero-order chi connectivity index (χ0) is 16.6. The molecule has 1 aliphatic rings. The topological polar surface area (TPSA) is 75.5 Å². The number of nitrogens with zero attached hydrogens (tertiary/aromatic N) is 4. The summed E-state index contributed by atoms with van der Waals surface area (Å²) in [7, 11) is -1.87. The number of rotatable bonds is 3. The molecule has 0 bridgehead atoms. The highest BCUT2D eigenvalue weighted by molar-refractivity contribution is 9.10. The molecule has 1 amide bonds. The smallest absolute Gasteiger partial charge is 0.264 e. The molecule has 0 aromatic carbocycles. The number of aromatic nitrogens is 2. The van der Waals surface area contributed by atoms with Crippen LogP contribution in [-0.4, -0.2) is 59.5 Å². The number of aryl methyl sites for hydroxylation is 1. The van der Waals surface area contributed by atoms with Crippen LogP contribution in [0.5, 0.6) is 0 Å². The van der Waals surface area contributed by atoms with Crippen LogP contribution in [0.4, 0.5) is 0 Å². The van der Waals surface area contributed by atoms with Crippen molar-refractivity contribution in [1.82, 2.24) is 19.0 Å². The maximum atomic E-state index is 12.5. The monoisotopic (exact) mass is 418 g/mol. The van der Waals surface area contributed by atoms with E-state index in [-0.39, 0.29) is 23.9 Å². The average molecular weight is 419 g/mol. The van der Waals surface area contributed by atoms with Crippen LogP contribution in [0.1, 0.15) is 9.67 Å². The maximum Gasteiger partial charge on any atom is 0.264 e. The molecule has 0 radical (unpaired) electrons. The second kappa shape index (κ2) is 6.34. The summed E-state index contributed by atoms with van der Waals surface area (Å²) < 4.78 is 28.8. The Labute approximate surface area is 146 Å². The molecule has 1 aliphatic heterocycles. The molecule has 2 aromatic heterocycles. The van der Waals surface area contributed by atoms with E-state index in [9.17, 15) is 13.2 Å². The Morgan fingerprint density at radius 1 is 1.30 bits per heavy atom. The van der Waals surface area contributed by atoms with Gasteiger partial charge in [0, 0.05) is 49.3 Å². The highest BCUT2D eigenvalue weighted by Gasteiger charge is 2.31. The fourth-order valence-corrected chi connectivity index (χ4v) is 5.20. The van der Waals surface area contributed by atoms with Gasteiger partial charge in [0.2, 0.25) is 10.0 Å². The summed E-state index contributed by atoms with van der Waals surface area (Å²) in [6.07, 6.45) is 2.83. The molecule has 0 atom stereocenters. The number of thiophene rings is 1. The van der Waals surface area contributed by atoms with Crippen molar-refractivity contribution in [3.8, 4) is 0 Å². The minimum Gasteiger partial charge on any atom is -0.335 e. The van der Waals surface area contributed by atoms with E-state index >= 15 is 0 Å². The quantitative estimate of drug-likeness (QED) is 0.754. The van der Waals surface area contributed by atoms with Crippen molar-refractivity contribution in [2.24, 2.45) is 7.05 Å². The number of halogens is 1. The van der Waals surface area contributed by atoms with Crippen molar-refractivity contribution in [1.29, 1.82) is 0 Å². The van der Waals surface area contributed by atoms with Crippen molar-refractivity contribution < 1.29 is 13.2 Å². The first-order chi connectivity index (χ1) is 10.9. The van der Waals surface area contributed by atoms with Crippen LogP contribution in [0.15, 0.2) is 33.2 Å². The number of hydrogen-bond acceptors (Lipinski definition) is 5. The fourth-order valence-electron chi connectivity index (χ4n) is 2.39. The molecule has 0 aliphatic carbocycles. The third kappa shape index (κ3) is 3.35. The predicted octanol–water partition coefficient (Wildman–Crippen LogP) is 1.39. The molecule has 0 N–H and O–H groups in total. The SMILES string of the molecule is Cn1cc(S(=O)(=O)N2CCN(C(=O)c3cc(Br)cs3)CC2)cn1. The number of carbonyl (C=O) groups is 1. The Kier molecular flexibility index (Phi) is 4.59. The van der Waals surface area contributed by atoms with E-state index in [2.05, 4.69) is 21.0 Å². The molecule has 0 spiro atoms. The fraction of sp³-hybridized carbons (Fsp3) is 0.385. The summed E-state index contributed by atoms with van der Waals surface area (Å²) in [6.45, 7) is 1.34. The number of hydrogen-bond donors (Lipinski definition) is 0. The lowest BCUT2D eigenvalue weighted by atomic mass is 10.3. The van der Waals surface area contributed by atoms with Gasteiger partial charge in [0.05, 0.1) is 11.1 Å². The Bertz CT molecular complexity index is 822. The number of carbonyl (C=O) groups excluding carboxylic acids is 1. The molecule has 124 valence electrons. The molecule has 3 rings (SSSR count). The molecule has 7 nitrogen and oxygen atoms in total. The Morgan fingerprint density at radius 3 is 2.52 bits per heavy atom. The summed E-state index contributed by atoms with van der Waals surface area (Å²) >= 11 is 4.71. The van der Waals surface area contributed by atoms with Crippen LogP contribution in [0, 0.1) is 0 Å². The number of piperazine rings is 1. The highest BCUT2D eigenvalue weighted by atomic mass is 79.9. The van der Waals surface area contributed by atoms with E-state index in [1.807, 2.05) is 5.38 Å². The van der Waals surface area contributed by atoms with E-state index < -0.39 is 10.0 Å². The summed E-state index contributed by atoms with van der Waals surface area (Å²) in [6, 6.07) is 1.78. The molecule has 23 heavy (non-hydrogen) atoms. The Hall–Kier alpha value is -1.23. The summed E-state index contributed by atoms with van der Waals surface area (Å²) in [4.78, 5) is 14.9. The van der Waals surface area contributed by atoms with Gasteiger partial charge in [-0.1, -0.05) is 0 Å². The molecule has 2 aromatic rings. The first kappa shape index (κ1) is 16.6. The molecular weight excluding hydrogens is 404 g/mol. The van der Waals surface area contributed by atoms with Gasteiger partial charge in [-0.3, -0.25) is 9.48 Å². The zero-order valence-corrected chi connectivity index (χ0v) is 15.6. The van der Waals surface area contributed by atoms with Crippen LogP contribution < -0.4 is 0 Å². The standard InChI is InChI=1S/C13H15BrN4O3S2/c1-16-8-11(7-15-16)23(20,21)18-4-2-17(3-5-18)13(19)12-6-10(14)9-22-12/h6-9H,2-5H2,1H3. The maximum absolute atomic E-state index is 12.5.